The Balaban J connectivity index is 1.89. The van der Waals surface area contributed by atoms with E-state index in [1.54, 1.807) is 11.0 Å². The van der Waals surface area contributed by atoms with Crippen molar-refractivity contribution in [2.24, 2.45) is 0 Å². The van der Waals surface area contributed by atoms with Gasteiger partial charge in [0.15, 0.2) is 0 Å². The van der Waals surface area contributed by atoms with Gasteiger partial charge in [-0.3, -0.25) is 4.79 Å². The third kappa shape index (κ3) is 4.76. The van der Waals surface area contributed by atoms with Crippen LogP contribution in [0.15, 0.2) is 47.4 Å². The Hall–Kier alpha value is -2.45. The Kier molecular flexibility index (Phi) is 6.54. The second-order valence-corrected chi connectivity index (χ2v) is 9.15. The van der Waals surface area contributed by atoms with Gasteiger partial charge in [-0.05, 0) is 55.2 Å². The fraction of sp³-hybridized carbons (Fsp3) is 0.381. The van der Waals surface area contributed by atoms with E-state index in [2.05, 4.69) is 0 Å². The van der Waals surface area contributed by atoms with Gasteiger partial charge in [-0.15, -0.1) is 0 Å². The molecule has 1 aliphatic rings. The van der Waals surface area contributed by atoms with Crippen molar-refractivity contribution in [3.63, 3.8) is 0 Å². The molecule has 1 heterocycles. The van der Waals surface area contributed by atoms with Crippen molar-refractivity contribution >= 4 is 15.9 Å². The Morgan fingerprint density at radius 1 is 1.14 bits per heavy atom. The van der Waals surface area contributed by atoms with Crippen molar-refractivity contribution in [3.05, 3.63) is 59.4 Å². The van der Waals surface area contributed by atoms with E-state index >= 15 is 0 Å². The zero-order valence-corrected chi connectivity index (χ0v) is 17.4. The van der Waals surface area contributed by atoms with Crippen molar-refractivity contribution in [1.29, 1.82) is 0 Å². The van der Waals surface area contributed by atoms with Gasteiger partial charge in [0, 0.05) is 26.7 Å². The molecule has 0 unspecified atom stereocenters. The Bertz CT molecular complexity index is 988. The minimum atomic E-state index is -3.88. The molecule has 1 amide bonds. The highest BCUT2D eigenvalue weighted by Gasteiger charge is 2.26. The van der Waals surface area contributed by atoms with Crippen LogP contribution in [0.4, 0.5) is 4.39 Å². The van der Waals surface area contributed by atoms with Crippen molar-refractivity contribution in [2.75, 3.05) is 27.2 Å². The molecule has 0 aliphatic carbocycles. The number of methoxy groups -OCH3 is 1. The summed E-state index contributed by atoms with van der Waals surface area (Å²) in [5, 5.41) is 0. The first kappa shape index (κ1) is 21.3. The third-order valence-corrected chi connectivity index (χ3v) is 6.85. The molecule has 156 valence electrons. The zero-order chi connectivity index (χ0) is 21.0. The summed E-state index contributed by atoms with van der Waals surface area (Å²) in [4.78, 5) is 14.7. The molecule has 8 heteroatoms. The number of hydrogen-bond donors (Lipinski definition) is 0. The van der Waals surface area contributed by atoms with Crippen molar-refractivity contribution in [3.8, 4) is 5.75 Å². The standard InChI is InChI=1S/C21H25FN2O4S/c1-23(15-16-7-6-8-17(22)13-16)29(26,27)18-9-10-20(28-2)19(14-18)21(25)24-11-4-3-5-12-24/h6-10,13-14H,3-5,11-12,15H2,1-2H3. The lowest BCUT2D eigenvalue weighted by Gasteiger charge is -2.27. The molecule has 0 bridgehead atoms. The monoisotopic (exact) mass is 420 g/mol. The average molecular weight is 421 g/mol. The molecule has 1 saturated heterocycles. The predicted molar refractivity (Wildman–Crippen MR) is 108 cm³/mol. The lowest BCUT2D eigenvalue weighted by molar-refractivity contribution is 0.0720. The molecule has 0 saturated carbocycles. The number of likely N-dealkylation sites (tertiary alicyclic amines) is 1. The number of halogens is 1. The van der Waals surface area contributed by atoms with E-state index in [1.807, 2.05) is 0 Å². The number of sulfonamides is 1. The first-order valence-electron chi connectivity index (χ1n) is 9.51. The van der Waals surface area contributed by atoms with Gasteiger partial charge in [0.1, 0.15) is 11.6 Å². The predicted octanol–water partition coefficient (Wildman–Crippen LogP) is 3.28. The van der Waals surface area contributed by atoms with Crippen LogP contribution >= 0.6 is 0 Å². The number of benzene rings is 2. The number of piperidine rings is 1. The maximum Gasteiger partial charge on any atom is 0.257 e. The SMILES string of the molecule is COc1ccc(S(=O)(=O)N(C)Cc2cccc(F)c2)cc1C(=O)N1CCCCC1. The summed E-state index contributed by atoms with van der Waals surface area (Å²) < 4.78 is 45.9. The number of nitrogens with zero attached hydrogens (tertiary/aromatic N) is 2. The number of hydrogen-bond acceptors (Lipinski definition) is 4. The van der Waals surface area contributed by atoms with Crippen molar-refractivity contribution in [2.45, 2.75) is 30.7 Å². The number of carbonyl (C=O) groups is 1. The minimum Gasteiger partial charge on any atom is -0.496 e. The normalized spacial score (nSPS) is 14.8. The van der Waals surface area contributed by atoms with Gasteiger partial charge in [0.05, 0.1) is 17.6 Å². The van der Waals surface area contributed by atoms with Crippen LogP contribution in [0.5, 0.6) is 5.75 Å². The second-order valence-electron chi connectivity index (χ2n) is 7.11. The molecule has 0 radical (unpaired) electrons. The van der Waals surface area contributed by atoms with E-state index < -0.39 is 15.8 Å². The molecule has 2 aromatic rings. The van der Waals surface area contributed by atoms with Crippen molar-refractivity contribution in [1.82, 2.24) is 9.21 Å². The maximum absolute atomic E-state index is 13.4. The Morgan fingerprint density at radius 3 is 2.52 bits per heavy atom. The number of ether oxygens (including phenoxy) is 1. The van der Waals surface area contributed by atoms with Gasteiger partial charge < -0.3 is 9.64 Å². The van der Waals surface area contributed by atoms with Crippen LogP contribution in [0.3, 0.4) is 0 Å². The van der Waals surface area contributed by atoms with Crippen LogP contribution in [0.1, 0.15) is 35.2 Å². The summed E-state index contributed by atoms with van der Waals surface area (Å²) in [5.41, 5.74) is 0.767. The molecule has 2 aromatic carbocycles. The molecular formula is C21H25FN2O4S. The lowest BCUT2D eigenvalue weighted by atomic mass is 10.1. The number of rotatable bonds is 6. The quantitative estimate of drug-likeness (QED) is 0.719. The van der Waals surface area contributed by atoms with Gasteiger partial charge in [0.25, 0.3) is 5.91 Å². The first-order valence-corrected chi connectivity index (χ1v) is 10.9. The molecule has 0 atom stereocenters. The molecule has 3 rings (SSSR count). The molecule has 1 aliphatic heterocycles. The van der Waals surface area contributed by atoms with E-state index in [1.165, 1.54) is 50.6 Å². The Morgan fingerprint density at radius 2 is 1.86 bits per heavy atom. The fourth-order valence-electron chi connectivity index (χ4n) is 3.44. The average Bonchev–Trinajstić information content (AvgIpc) is 2.73. The van der Waals surface area contributed by atoms with Gasteiger partial charge in [-0.2, -0.15) is 4.31 Å². The Labute approximate surface area is 170 Å². The highest BCUT2D eigenvalue weighted by atomic mass is 32.2. The highest BCUT2D eigenvalue weighted by Crippen LogP contribution is 2.27. The van der Waals surface area contributed by atoms with E-state index in [0.717, 1.165) is 23.6 Å². The molecule has 0 aromatic heterocycles. The van der Waals surface area contributed by atoms with Crippen LogP contribution < -0.4 is 4.74 Å². The van der Waals surface area contributed by atoms with E-state index in [9.17, 15) is 17.6 Å². The molecular weight excluding hydrogens is 395 g/mol. The summed E-state index contributed by atoms with van der Waals surface area (Å²) in [6, 6.07) is 10.1. The van der Waals surface area contributed by atoms with Crippen LogP contribution in [-0.4, -0.2) is 50.8 Å². The third-order valence-electron chi connectivity index (χ3n) is 5.05. The molecule has 29 heavy (non-hydrogen) atoms. The summed E-state index contributed by atoms with van der Waals surface area (Å²) in [6.45, 7) is 1.32. The second kappa shape index (κ2) is 8.92. The number of carbonyl (C=O) groups excluding carboxylic acids is 1. The highest BCUT2D eigenvalue weighted by molar-refractivity contribution is 7.89. The van der Waals surface area contributed by atoms with Gasteiger partial charge in [-0.25, -0.2) is 12.8 Å². The lowest BCUT2D eigenvalue weighted by Crippen LogP contribution is -2.36. The molecule has 0 N–H and O–H groups in total. The van der Waals surface area contributed by atoms with Gasteiger partial charge >= 0.3 is 0 Å². The first-order chi connectivity index (χ1) is 13.8. The largest absolute Gasteiger partial charge is 0.496 e. The van der Waals surface area contributed by atoms with E-state index in [-0.39, 0.29) is 22.9 Å². The molecule has 1 fully saturated rings. The molecule has 6 nitrogen and oxygen atoms in total. The summed E-state index contributed by atoms with van der Waals surface area (Å²) in [5.74, 6) is -0.314. The summed E-state index contributed by atoms with van der Waals surface area (Å²) >= 11 is 0. The zero-order valence-electron chi connectivity index (χ0n) is 16.6. The van der Waals surface area contributed by atoms with Crippen LogP contribution in [0.2, 0.25) is 0 Å². The van der Waals surface area contributed by atoms with Crippen molar-refractivity contribution < 1.29 is 22.3 Å². The van der Waals surface area contributed by atoms with Crippen LogP contribution in [-0.2, 0) is 16.6 Å². The van der Waals surface area contributed by atoms with Gasteiger partial charge in [0.2, 0.25) is 10.0 Å². The van der Waals surface area contributed by atoms with Gasteiger partial charge in [-0.1, -0.05) is 12.1 Å². The maximum atomic E-state index is 13.4. The van der Waals surface area contributed by atoms with E-state index in [4.69, 9.17) is 4.74 Å². The summed E-state index contributed by atoms with van der Waals surface area (Å²) in [6.07, 6.45) is 2.95. The minimum absolute atomic E-state index is 0.00226. The fourth-order valence-corrected chi connectivity index (χ4v) is 4.63. The van der Waals surface area contributed by atoms with Crippen LogP contribution in [0, 0.1) is 5.82 Å². The smallest absolute Gasteiger partial charge is 0.257 e. The number of amides is 1. The summed E-state index contributed by atoms with van der Waals surface area (Å²) in [7, 11) is -0.999. The van der Waals surface area contributed by atoms with E-state index in [0.29, 0.717) is 24.4 Å². The topological polar surface area (TPSA) is 66.9 Å². The molecule has 0 spiro atoms. The van der Waals surface area contributed by atoms with Crippen LogP contribution in [0.25, 0.3) is 0 Å².